The van der Waals surface area contributed by atoms with Crippen LogP contribution in [0.5, 0.6) is 0 Å². The zero-order valence-corrected chi connectivity index (χ0v) is 12.4. The van der Waals surface area contributed by atoms with Crippen LogP contribution in [0.1, 0.15) is 56.6 Å². The topological polar surface area (TPSA) is 35.2 Å². The fourth-order valence-electron chi connectivity index (χ4n) is 2.14. The summed E-state index contributed by atoms with van der Waals surface area (Å²) in [6.07, 6.45) is 8.86. The van der Waals surface area contributed by atoms with Crippen LogP contribution in [0.25, 0.3) is 0 Å². The average Bonchev–Trinajstić information content (AvgIpc) is 2.44. The average molecular weight is 263 g/mol. The molecule has 1 rings (SSSR count). The summed E-state index contributed by atoms with van der Waals surface area (Å²) >= 11 is 0. The summed E-state index contributed by atoms with van der Waals surface area (Å²) in [5.41, 5.74) is 8.09. The number of benzene rings is 1. The molecule has 108 valence electrons. The van der Waals surface area contributed by atoms with Gasteiger partial charge in [-0.25, -0.2) is 0 Å². The largest absolute Gasteiger partial charge is 0.377 e. The van der Waals surface area contributed by atoms with Crippen molar-refractivity contribution in [3.05, 3.63) is 35.4 Å². The van der Waals surface area contributed by atoms with E-state index in [1.807, 2.05) is 0 Å². The molecule has 0 amide bonds. The molecule has 2 nitrogen and oxygen atoms in total. The molecule has 0 aliphatic heterocycles. The first-order chi connectivity index (χ1) is 9.36. The molecular weight excluding hydrogens is 234 g/mol. The van der Waals surface area contributed by atoms with Crippen molar-refractivity contribution in [1.82, 2.24) is 0 Å². The van der Waals surface area contributed by atoms with Gasteiger partial charge in [0.2, 0.25) is 0 Å². The first kappa shape index (κ1) is 16.2. The summed E-state index contributed by atoms with van der Waals surface area (Å²) in [6.45, 7) is 4.59. The third kappa shape index (κ3) is 8.02. The molecule has 0 bridgehead atoms. The molecule has 0 unspecified atom stereocenters. The molecule has 1 aromatic rings. The molecule has 0 saturated carbocycles. The van der Waals surface area contributed by atoms with E-state index < -0.39 is 0 Å². The lowest BCUT2D eigenvalue weighted by molar-refractivity contribution is 0.116. The van der Waals surface area contributed by atoms with Crippen LogP contribution in [0.4, 0.5) is 0 Å². The molecule has 2 heteroatoms. The molecule has 0 atom stereocenters. The van der Waals surface area contributed by atoms with Gasteiger partial charge in [-0.15, -0.1) is 0 Å². The maximum absolute atomic E-state index is 5.70. The summed E-state index contributed by atoms with van der Waals surface area (Å²) < 4.78 is 5.70. The summed E-state index contributed by atoms with van der Waals surface area (Å²) in [7, 11) is 0. The number of hydrogen-bond donors (Lipinski definition) is 1. The van der Waals surface area contributed by atoms with Crippen LogP contribution in [0, 0.1) is 0 Å². The Bertz CT molecular complexity index is 308. The van der Waals surface area contributed by atoms with E-state index in [9.17, 15) is 0 Å². The molecule has 0 aliphatic carbocycles. The Balaban J connectivity index is 2.02. The quantitative estimate of drug-likeness (QED) is 0.611. The van der Waals surface area contributed by atoms with E-state index in [1.54, 1.807) is 0 Å². The standard InChI is InChI=1S/C17H29NO/c1-2-3-4-5-6-7-14-19-15-17-10-8-16(9-11-17)12-13-18/h8-11H,2-7,12-15,18H2,1H3. The van der Waals surface area contributed by atoms with Crippen molar-refractivity contribution >= 4 is 0 Å². The summed E-state index contributed by atoms with van der Waals surface area (Å²) in [5, 5.41) is 0. The Morgan fingerprint density at radius 2 is 1.53 bits per heavy atom. The minimum absolute atomic E-state index is 0.716. The van der Waals surface area contributed by atoms with Crippen molar-refractivity contribution in [3.63, 3.8) is 0 Å². The Morgan fingerprint density at radius 3 is 2.21 bits per heavy atom. The second-order valence-corrected chi connectivity index (χ2v) is 5.18. The third-order valence-electron chi connectivity index (χ3n) is 3.37. The number of rotatable bonds is 11. The Morgan fingerprint density at radius 1 is 0.895 bits per heavy atom. The van der Waals surface area contributed by atoms with E-state index in [1.165, 1.54) is 49.7 Å². The lowest BCUT2D eigenvalue weighted by atomic mass is 10.1. The second-order valence-electron chi connectivity index (χ2n) is 5.18. The monoisotopic (exact) mass is 263 g/mol. The smallest absolute Gasteiger partial charge is 0.0716 e. The molecular formula is C17H29NO. The van der Waals surface area contributed by atoms with Gasteiger partial charge in [-0.1, -0.05) is 63.3 Å². The van der Waals surface area contributed by atoms with Gasteiger partial charge in [-0.05, 0) is 30.5 Å². The number of nitrogens with two attached hydrogens (primary N) is 1. The summed E-state index contributed by atoms with van der Waals surface area (Å²) in [5.74, 6) is 0. The van der Waals surface area contributed by atoms with Crippen LogP contribution in [0.2, 0.25) is 0 Å². The first-order valence-corrected chi connectivity index (χ1v) is 7.72. The minimum atomic E-state index is 0.716. The van der Waals surface area contributed by atoms with Gasteiger partial charge in [0.25, 0.3) is 0 Å². The van der Waals surface area contributed by atoms with Crippen LogP contribution in [-0.4, -0.2) is 13.2 Å². The number of unbranched alkanes of at least 4 members (excludes halogenated alkanes) is 5. The van der Waals surface area contributed by atoms with E-state index >= 15 is 0 Å². The summed E-state index contributed by atoms with van der Waals surface area (Å²) in [6, 6.07) is 8.59. The van der Waals surface area contributed by atoms with Gasteiger partial charge < -0.3 is 10.5 Å². The van der Waals surface area contributed by atoms with Gasteiger partial charge in [0, 0.05) is 6.61 Å². The van der Waals surface area contributed by atoms with Crippen LogP contribution < -0.4 is 5.73 Å². The molecule has 0 heterocycles. The van der Waals surface area contributed by atoms with E-state index in [-0.39, 0.29) is 0 Å². The first-order valence-electron chi connectivity index (χ1n) is 7.72. The van der Waals surface area contributed by atoms with Crippen molar-refractivity contribution in [1.29, 1.82) is 0 Å². The molecule has 0 radical (unpaired) electrons. The third-order valence-corrected chi connectivity index (χ3v) is 3.37. The highest BCUT2D eigenvalue weighted by molar-refractivity contribution is 5.22. The van der Waals surface area contributed by atoms with Gasteiger partial charge >= 0.3 is 0 Å². The highest BCUT2D eigenvalue weighted by Crippen LogP contribution is 2.08. The maximum atomic E-state index is 5.70. The SMILES string of the molecule is CCCCCCCCOCc1ccc(CCN)cc1. The second kappa shape index (κ2) is 11.0. The van der Waals surface area contributed by atoms with Crippen molar-refractivity contribution in [3.8, 4) is 0 Å². The van der Waals surface area contributed by atoms with E-state index in [2.05, 4.69) is 31.2 Å². The molecule has 0 saturated heterocycles. The minimum Gasteiger partial charge on any atom is -0.377 e. The highest BCUT2D eigenvalue weighted by Gasteiger charge is 1.95. The fraction of sp³-hybridized carbons (Fsp3) is 0.647. The van der Waals surface area contributed by atoms with Gasteiger partial charge in [0.1, 0.15) is 0 Å². The molecule has 0 fully saturated rings. The number of ether oxygens (including phenoxy) is 1. The van der Waals surface area contributed by atoms with Gasteiger partial charge in [-0.2, -0.15) is 0 Å². The molecule has 0 spiro atoms. The van der Waals surface area contributed by atoms with Crippen molar-refractivity contribution in [2.24, 2.45) is 5.73 Å². The number of hydrogen-bond acceptors (Lipinski definition) is 2. The Kier molecular flexibility index (Phi) is 9.38. The van der Waals surface area contributed by atoms with E-state index in [4.69, 9.17) is 10.5 Å². The molecule has 0 aromatic heterocycles. The highest BCUT2D eigenvalue weighted by atomic mass is 16.5. The zero-order valence-electron chi connectivity index (χ0n) is 12.4. The van der Waals surface area contributed by atoms with Gasteiger partial charge in [0.15, 0.2) is 0 Å². The normalized spacial score (nSPS) is 10.8. The van der Waals surface area contributed by atoms with Gasteiger partial charge in [-0.3, -0.25) is 0 Å². The van der Waals surface area contributed by atoms with E-state index in [0.29, 0.717) is 6.54 Å². The fourth-order valence-corrected chi connectivity index (χ4v) is 2.14. The van der Waals surface area contributed by atoms with Crippen LogP contribution in [-0.2, 0) is 17.8 Å². The summed E-state index contributed by atoms with van der Waals surface area (Å²) in [4.78, 5) is 0. The molecule has 19 heavy (non-hydrogen) atoms. The predicted molar refractivity (Wildman–Crippen MR) is 82.2 cm³/mol. The van der Waals surface area contributed by atoms with Crippen LogP contribution in [0.15, 0.2) is 24.3 Å². The van der Waals surface area contributed by atoms with Crippen molar-refractivity contribution in [2.45, 2.75) is 58.5 Å². The van der Waals surface area contributed by atoms with Crippen LogP contribution >= 0.6 is 0 Å². The zero-order chi connectivity index (χ0) is 13.8. The maximum Gasteiger partial charge on any atom is 0.0716 e. The van der Waals surface area contributed by atoms with Gasteiger partial charge in [0.05, 0.1) is 6.61 Å². The lowest BCUT2D eigenvalue weighted by Crippen LogP contribution is -2.02. The molecule has 0 aliphatic rings. The van der Waals surface area contributed by atoms with Crippen molar-refractivity contribution in [2.75, 3.05) is 13.2 Å². The Labute approximate surface area is 118 Å². The lowest BCUT2D eigenvalue weighted by Gasteiger charge is -2.06. The predicted octanol–water partition coefficient (Wildman–Crippen LogP) is 4.06. The van der Waals surface area contributed by atoms with E-state index in [0.717, 1.165) is 19.6 Å². The van der Waals surface area contributed by atoms with Crippen LogP contribution in [0.3, 0.4) is 0 Å². The van der Waals surface area contributed by atoms with Crippen molar-refractivity contribution < 1.29 is 4.74 Å². The molecule has 2 N–H and O–H groups in total. The Hall–Kier alpha value is -0.860. The molecule has 1 aromatic carbocycles.